The van der Waals surface area contributed by atoms with E-state index in [2.05, 4.69) is 45.8 Å². The van der Waals surface area contributed by atoms with Gasteiger partial charge in [0.25, 0.3) is 0 Å². The molecule has 0 spiro atoms. The van der Waals surface area contributed by atoms with Gasteiger partial charge in [0.15, 0.2) is 0 Å². The smallest absolute Gasteiger partial charge is 0.229 e. The number of nitrogens with zero attached hydrogens (tertiary/aromatic N) is 5. The maximum Gasteiger partial charge on any atom is 0.229 e. The molecule has 0 saturated heterocycles. The molecule has 10 heteroatoms. The van der Waals surface area contributed by atoms with Crippen LogP contribution in [0.25, 0.3) is 28.0 Å². The molecule has 1 aliphatic heterocycles. The summed E-state index contributed by atoms with van der Waals surface area (Å²) in [4.78, 5) is 25.3. The van der Waals surface area contributed by atoms with E-state index in [9.17, 15) is 9.18 Å². The second kappa shape index (κ2) is 11.4. The number of pyridine rings is 1. The quantitative estimate of drug-likeness (QED) is 0.219. The number of hydrogen-bond donors (Lipinski definition) is 2. The summed E-state index contributed by atoms with van der Waals surface area (Å²) in [7, 11) is 2.13. The number of thiophene rings is 1. The van der Waals surface area contributed by atoms with Crippen molar-refractivity contribution in [2.75, 3.05) is 24.2 Å². The lowest BCUT2D eigenvalue weighted by molar-refractivity contribution is -0.115. The molecule has 0 atom stereocenters. The summed E-state index contributed by atoms with van der Waals surface area (Å²) in [5.74, 6) is -0.0494. The van der Waals surface area contributed by atoms with Crippen LogP contribution in [0.2, 0.25) is 0 Å². The molecule has 0 radical (unpaired) electrons. The number of anilines is 3. The number of halogens is 1. The lowest BCUT2D eigenvalue weighted by atomic mass is 9.99. The number of benzene rings is 2. The van der Waals surface area contributed by atoms with Crippen molar-refractivity contribution < 1.29 is 9.18 Å². The predicted molar refractivity (Wildman–Crippen MR) is 168 cm³/mol. The minimum Gasteiger partial charge on any atom is -0.326 e. The van der Waals surface area contributed by atoms with E-state index in [0.29, 0.717) is 35.0 Å². The van der Waals surface area contributed by atoms with Crippen molar-refractivity contribution in [2.45, 2.75) is 19.4 Å². The maximum atomic E-state index is 14.3. The van der Waals surface area contributed by atoms with Gasteiger partial charge in [-0.05, 0) is 78.5 Å². The lowest BCUT2D eigenvalue weighted by Crippen LogP contribution is -2.26. The number of amides is 1. The summed E-state index contributed by atoms with van der Waals surface area (Å²) in [5, 5.41) is 13.1. The molecule has 2 aromatic carbocycles. The molecule has 1 amide bonds. The molecule has 214 valence electrons. The first kappa shape index (κ1) is 26.9. The average molecular weight is 590 g/mol. The first-order chi connectivity index (χ1) is 21.0. The van der Waals surface area contributed by atoms with Gasteiger partial charge in [0.1, 0.15) is 11.5 Å². The third-order valence-corrected chi connectivity index (χ3v) is 8.38. The molecule has 0 bridgehead atoms. The Bertz CT molecular complexity index is 1950. The third kappa shape index (κ3) is 5.75. The fraction of sp³-hybridized carbons (Fsp3) is 0.152. The van der Waals surface area contributed by atoms with Gasteiger partial charge in [0, 0.05) is 41.1 Å². The monoisotopic (exact) mass is 589 g/mol. The first-order valence-corrected chi connectivity index (χ1v) is 14.9. The Labute approximate surface area is 251 Å². The molecule has 5 heterocycles. The minimum absolute atomic E-state index is 0.0998. The van der Waals surface area contributed by atoms with E-state index in [-0.39, 0.29) is 5.91 Å². The zero-order valence-electron chi connectivity index (χ0n) is 23.4. The summed E-state index contributed by atoms with van der Waals surface area (Å²) >= 11 is 1.55. The minimum atomic E-state index is -0.397. The highest BCUT2D eigenvalue weighted by atomic mass is 32.1. The van der Waals surface area contributed by atoms with Gasteiger partial charge < -0.3 is 15.5 Å². The molecule has 2 N–H and O–H groups in total. The third-order valence-electron chi connectivity index (χ3n) is 7.51. The molecule has 0 saturated carbocycles. The Morgan fingerprint density at radius 2 is 1.95 bits per heavy atom. The standard InChI is InChI=1S/C33H28FN7OS/c1-40-14-12-21-7-9-26(17-23(21)19-40)37-33-35-13-11-28(38-33)31-29-10-8-24(34)20-41(29)39-32(31)22-4-2-5-25(16-22)36-30(42)18-27-6-3-15-43-27/h2-11,13,15-17,20H,12,14,18-19H2,1H3,(H,36,42)(H,35,37,38). The van der Waals surface area contributed by atoms with E-state index in [1.807, 2.05) is 47.8 Å². The second-order valence-corrected chi connectivity index (χ2v) is 11.7. The molecule has 8 nitrogen and oxygen atoms in total. The topological polar surface area (TPSA) is 87.5 Å². The largest absolute Gasteiger partial charge is 0.326 e. The van der Waals surface area contributed by atoms with E-state index < -0.39 is 5.82 Å². The molecular weight excluding hydrogens is 561 g/mol. The van der Waals surface area contributed by atoms with Crippen LogP contribution in [0, 0.1) is 5.82 Å². The summed E-state index contributed by atoms with van der Waals surface area (Å²) in [5.41, 5.74) is 7.68. The van der Waals surface area contributed by atoms with Gasteiger partial charge in [0.2, 0.25) is 11.9 Å². The van der Waals surface area contributed by atoms with Crippen LogP contribution in [0.15, 0.2) is 90.6 Å². The van der Waals surface area contributed by atoms with Crippen LogP contribution in [0.4, 0.5) is 21.7 Å². The molecule has 43 heavy (non-hydrogen) atoms. The normalized spacial score (nSPS) is 13.2. The zero-order valence-corrected chi connectivity index (χ0v) is 24.2. The van der Waals surface area contributed by atoms with Crippen molar-refractivity contribution in [2.24, 2.45) is 0 Å². The fourth-order valence-electron chi connectivity index (χ4n) is 5.46. The van der Waals surface area contributed by atoms with Crippen LogP contribution in [-0.2, 0) is 24.2 Å². The zero-order chi connectivity index (χ0) is 29.3. The van der Waals surface area contributed by atoms with Crippen molar-refractivity contribution in [3.05, 3.63) is 112 Å². The van der Waals surface area contributed by atoms with E-state index in [4.69, 9.17) is 10.1 Å². The van der Waals surface area contributed by atoms with Gasteiger partial charge in [-0.1, -0.05) is 24.3 Å². The number of likely N-dealkylation sites (N-methyl/N-ethyl adjacent to an activating group) is 1. The molecule has 0 aliphatic carbocycles. The second-order valence-electron chi connectivity index (χ2n) is 10.6. The highest BCUT2D eigenvalue weighted by Gasteiger charge is 2.20. The molecule has 1 aliphatic rings. The fourth-order valence-corrected chi connectivity index (χ4v) is 6.17. The van der Waals surface area contributed by atoms with Crippen molar-refractivity contribution >= 4 is 40.1 Å². The van der Waals surface area contributed by atoms with E-state index >= 15 is 0 Å². The van der Waals surface area contributed by atoms with Gasteiger partial charge in [-0.2, -0.15) is 5.10 Å². The molecule has 4 aromatic heterocycles. The number of carbonyl (C=O) groups is 1. The van der Waals surface area contributed by atoms with Gasteiger partial charge in [0.05, 0.1) is 29.4 Å². The summed E-state index contributed by atoms with van der Waals surface area (Å²) in [6, 6.07) is 22.7. The van der Waals surface area contributed by atoms with Gasteiger partial charge in [-0.15, -0.1) is 11.3 Å². The Morgan fingerprint density at radius 3 is 2.84 bits per heavy atom. The summed E-state index contributed by atoms with van der Waals surface area (Å²) in [6.45, 7) is 1.96. The molecule has 6 aromatic rings. The predicted octanol–water partition coefficient (Wildman–Crippen LogP) is 6.57. The number of fused-ring (bicyclic) bond motifs is 2. The maximum absolute atomic E-state index is 14.3. The van der Waals surface area contributed by atoms with Crippen molar-refractivity contribution in [3.63, 3.8) is 0 Å². The molecule has 0 unspecified atom stereocenters. The SMILES string of the molecule is CN1CCc2ccc(Nc3nccc(-c4c(-c5cccc(NC(=O)Cc6cccs6)c5)nn5cc(F)ccc45)n3)cc2C1. The molecule has 0 fully saturated rings. The average Bonchev–Trinajstić information content (AvgIpc) is 3.65. The van der Waals surface area contributed by atoms with Crippen molar-refractivity contribution in [1.29, 1.82) is 0 Å². The van der Waals surface area contributed by atoms with Gasteiger partial charge in [-0.25, -0.2) is 18.9 Å². The van der Waals surface area contributed by atoms with Gasteiger partial charge in [-0.3, -0.25) is 4.79 Å². The summed E-state index contributed by atoms with van der Waals surface area (Å²) in [6.07, 6.45) is 4.39. The number of hydrogen-bond acceptors (Lipinski definition) is 7. The lowest BCUT2D eigenvalue weighted by Gasteiger charge is -2.25. The van der Waals surface area contributed by atoms with Crippen LogP contribution in [0.3, 0.4) is 0 Å². The van der Waals surface area contributed by atoms with Crippen LogP contribution in [0.1, 0.15) is 16.0 Å². The number of carbonyl (C=O) groups excluding carboxylic acids is 1. The Morgan fingerprint density at radius 1 is 1.02 bits per heavy atom. The van der Waals surface area contributed by atoms with Crippen LogP contribution >= 0.6 is 11.3 Å². The Hall–Kier alpha value is -4.93. The van der Waals surface area contributed by atoms with Crippen molar-refractivity contribution in [1.82, 2.24) is 24.5 Å². The Balaban J connectivity index is 1.23. The highest BCUT2D eigenvalue weighted by molar-refractivity contribution is 7.10. The number of aromatic nitrogens is 4. The van der Waals surface area contributed by atoms with Crippen molar-refractivity contribution in [3.8, 4) is 22.5 Å². The molecular formula is C33H28FN7OS. The number of nitrogens with one attached hydrogen (secondary N) is 2. The molecule has 7 rings (SSSR count). The summed E-state index contributed by atoms with van der Waals surface area (Å²) < 4.78 is 15.8. The van der Waals surface area contributed by atoms with Crippen LogP contribution in [-0.4, -0.2) is 44.0 Å². The first-order valence-electron chi connectivity index (χ1n) is 14.0. The van der Waals surface area contributed by atoms with E-state index in [1.54, 1.807) is 23.6 Å². The van der Waals surface area contributed by atoms with E-state index in [1.165, 1.54) is 27.9 Å². The highest BCUT2D eigenvalue weighted by Crippen LogP contribution is 2.36. The Kier molecular flexibility index (Phi) is 7.14. The number of rotatable bonds is 7. The van der Waals surface area contributed by atoms with Gasteiger partial charge >= 0.3 is 0 Å². The van der Waals surface area contributed by atoms with E-state index in [0.717, 1.165) is 41.2 Å². The van der Waals surface area contributed by atoms with Crippen LogP contribution in [0.5, 0.6) is 0 Å². The van der Waals surface area contributed by atoms with Crippen LogP contribution < -0.4 is 10.6 Å².